The number of piperazine rings is 1. The molecule has 184 valence electrons. The van der Waals surface area contributed by atoms with Crippen molar-refractivity contribution >= 4 is 45.4 Å². The zero-order valence-corrected chi connectivity index (χ0v) is 20.9. The van der Waals surface area contributed by atoms with Gasteiger partial charge in [0.05, 0.1) is 33.0 Å². The molecule has 35 heavy (non-hydrogen) atoms. The van der Waals surface area contributed by atoms with Crippen molar-refractivity contribution in [1.29, 1.82) is 0 Å². The van der Waals surface area contributed by atoms with Gasteiger partial charge in [-0.05, 0) is 42.5 Å². The van der Waals surface area contributed by atoms with Crippen molar-refractivity contribution < 1.29 is 14.2 Å². The van der Waals surface area contributed by atoms with Crippen molar-refractivity contribution in [3.05, 3.63) is 42.7 Å². The number of anilines is 3. The van der Waals surface area contributed by atoms with E-state index in [4.69, 9.17) is 26.4 Å². The largest absolute Gasteiger partial charge is 0.493 e. The summed E-state index contributed by atoms with van der Waals surface area (Å²) in [6.45, 7) is 6.63. The predicted octanol–water partition coefficient (Wildman–Crippen LogP) is 3.00. The fourth-order valence-electron chi connectivity index (χ4n) is 4.52. The lowest BCUT2D eigenvalue weighted by Crippen LogP contribution is -2.50. The van der Waals surface area contributed by atoms with Gasteiger partial charge in [-0.15, -0.1) is 0 Å². The summed E-state index contributed by atoms with van der Waals surface area (Å²) in [5.41, 5.74) is 3.04. The van der Waals surface area contributed by atoms with Crippen molar-refractivity contribution in [2.75, 3.05) is 81.8 Å². The molecule has 0 aliphatic carbocycles. The average molecular weight is 495 g/mol. The van der Waals surface area contributed by atoms with Crippen LogP contribution in [0.25, 0.3) is 10.9 Å². The van der Waals surface area contributed by atoms with Crippen LogP contribution < -0.4 is 24.6 Å². The summed E-state index contributed by atoms with van der Waals surface area (Å²) in [5, 5.41) is 5.08. The van der Waals surface area contributed by atoms with Gasteiger partial charge in [-0.1, -0.05) is 0 Å². The first kappa shape index (κ1) is 23.4. The second-order valence-electron chi connectivity index (χ2n) is 8.47. The lowest BCUT2D eigenvalue weighted by Gasteiger charge is -2.37. The fourth-order valence-corrected chi connectivity index (χ4v) is 4.82. The van der Waals surface area contributed by atoms with E-state index in [2.05, 4.69) is 54.2 Å². The van der Waals surface area contributed by atoms with Crippen LogP contribution in [0, 0.1) is 0 Å². The van der Waals surface area contributed by atoms with Crippen LogP contribution >= 0.6 is 12.2 Å². The molecule has 0 atom stereocenters. The lowest BCUT2D eigenvalue weighted by molar-refractivity contribution is 0.122. The van der Waals surface area contributed by atoms with E-state index in [1.807, 2.05) is 12.1 Å². The Balaban J connectivity index is 1.22. The maximum atomic E-state index is 5.72. The molecule has 1 aromatic heterocycles. The molecule has 0 amide bonds. The van der Waals surface area contributed by atoms with Crippen molar-refractivity contribution in [1.82, 2.24) is 14.9 Å². The van der Waals surface area contributed by atoms with E-state index in [0.29, 0.717) is 11.5 Å². The highest BCUT2D eigenvalue weighted by Crippen LogP contribution is 2.35. The summed E-state index contributed by atoms with van der Waals surface area (Å²) >= 11 is 5.72. The zero-order chi connectivity index (χ0) is 24.2. The number of nitrogens with one attached hydrogen (secondary N) is 1. The smallest absolute Gasteiger partial charge is 0.173 e. The number of fused-ring (bicyclic) bond motifs is 1. The van der Waals surface area contributed by atoms with Crippen LogP contribution in [0.3, 0.4) is 0 Å². The Kier molecular flexibility index (Phi) is 7.01. The molecular formula is C25H30N6O3S. The van der Waals surface area contributed by atoms with Crippen LogP contribution in [0.4, 0.5) is 17.2 Å². The number of nitrogens with zero attached hydrogens (tertiary/aromatic N) is 5. The van der Waals surface area contributed by atoms with Crippen LogP contribution in [-0.4, -0.2) is 86.7 Å². The molecule has 9 nitrogen and oxygen atoms in total. The van der Waals surface area contributed by atoms with Gasteiger partial charge in [0.15, 0.2) is 16.6 Å². The topological polar surface area (TPSA) is 75.2 Å². The first-order valence-electron chi connectivity index (χ1n) is 11.8. The normalized spacial score (nSPS) is 16.3. The molecule has 0 spiro atoms. The highest BCUT2D eigenvalue weighted by molar-refractivity contribution is 7.80. The maximum absolute atomic E-state index is 5.72. The maximum Gasteiger partial charge on any atom is 0.173 e. The van der Waals surface area contributed by atoms with Crippen molar-refractivity contribution in [3.8, 4) is 11.5 Å². The number of ether oxygens (including phenoxy) is 3. The molecule has 1 N–H and O–H groups in total. The van der Waals surface area contributed by atoms with Gasteiger partial charge in [0.2, 0.25) is 0 Å². The minimum Gasteiger partial charge on any atom is -0.493 e. The van der Waals surface area contributed by atoms with Crippen LogP contribution in [0.1, 0.15) is 0 Å². The van der Waals surface area contributed by atoms with Crippen LogP contribution in [0.15, 0.2) is 42.7 Å². The predicted molar refractivity (Wildman–Crippen MR) is 142 cm³/mol. The molecule has 2 aromatic carbocycles. The Hall–Kier alpha value is -3.37. The molecule has 0 saturated carbocycles. The van der Waals surface area contributed by atoms with Crippen molar-refractivity contribution in [3.63, 3.8) is 0 Å². The molecule has 10 heteroatoms. The number of methoxy groups -OCH3 is 2. The van der Waals surface area contributed by atoms with Gasteiger partial charge >= 0.3 is 0 Å². The highest BCUT2D eigenvalue weighted by atomic mass is 32.1. The van der Waals surface area contributed by atoms with E-state index in [0.717, 1.165) is 80.0 Å². The SMILES string of the molecule is COc1cc2ncnc(N3CCN(C(=S)Nc4ccc(N5CCOCC5)cc4)CC3)c2cc1OC. The van der Waals surface area contributed by atoms with E-state index in [1.165, 1.54) is 5.69 Å². The summed E-state index contributed by atoms with van der Waals surface area (Å²) < 4.78 is 16.4. The quantitative estimate of drug-likeness (QED) is 0.535. The number of benzene rings is 2. The fraction of sp³-hybridized carbons (Fsp3) is 0.400. The molecule has 0 bridgehead atoms. The zero-order valence-electron chi connectivity index (χ0n) is 20.1. The minimum atomic E-state index is 0.656. The van der Waals surface area contributed by atoms with E-state index in [1.54, 1.807) is 20.5 Å². The third-order valence-corrected chi connectivity index (χ3v) is 6.84. The van der Waals surface area contributed by atoms with E-state index in [-0.39, 0.29) is 0 Å². The van der Waals surface area contributed by atoms with Gasteiger partial charge in [-0.25, -0.2) is 9.97 Å². The number of rotatable bonds is 5. The molecular weight excluding hydrogens is 464 g/mol. The van der Waals surface area contributed by atoms with Gasteiger partial charge in [-0.3, -0.25) is 0 Å². The summed E-state index contributed by atoms with van der Waals surface area (Å²) in [5.74, 6) is 2.22. The van der Waals surface area contributed by atoms with Gasteiger partial charge in [-0.2, -0.15) is 0 Å². The van der Waals surface area contributed by atoms with E-state index < -0.39 is 0 Å². The van der Waals surface area contributed by atoms with E-state index >= 15 is 0 Å². The van der Waals surface area contributed by atoms with E-state index in [9.17, 15) is 0 Å². The third-order valence-electron chi connectivity index (χ3n) is 6.48. The van der Waals surface area contributed by atoms with Crippen LogP contribution in [0.5, 0.6) is 11.5 Å². The summed E-state index contributed by atoms with van der Waals surface area (Å²) in [7, 11) is 3.26. The molecule has 3 heterocycles. The Bertz CT molecular complexity index is 1180. The summed E-state index contributed by atoms with van der Waals surface area (Å²) in [6, 6.07) is 12.3. The molecule has 5 rings (SSSR count). The number of morpholine rings is 1. The second-order valence-corrected chi connectivity index (χ2v) is 8.86. The van der Waals surface area contributed by atoms with Crippen LogP contribution in [0.2, 0.25) is 0 Å². The molecule has 2 aliphatic rings. The molecule has 3 aromatic rings. The molecule has 0 unspecified atom stereocenters. The number of thiocarbonyl (C=S) groups is 1. The first-order chi connectivity index (χ1) is 17.2. The Morgan fingerprint density at radius 3 is 2.26 bits per heavy atom. The standard InChI is InChI=1S/C25H30N6O3S/c1-32-22-15-20-21(16-23(22)33-2)26-17-27-24(20)30-7-9-31(10-8-30)25(35)28-18-3-5-19(6-4-18)29-11-13-34-14-12-29/h3-6,15-17H,7-14H2,1-2H3,(H,28,35). The third kappa shape index (κ3) is 5.03. The Labute approximate surface area is 210 Å². The number of hydrogen-bond donors (Lipinski definition) is 1. The molecule has 0 radical (unpaired) electrons. The average Bonchev–Trinajstić information content (AvgIpc) is 2.93. The van der Waals surface area contributed by atoms with Gasteiger partial charge in [0.25, 0.3) is 0 Å². The minimum absolute atomic E-state index is 0.656. The van der Waals surface area contributed by atoms with Crippen molar-refractivity contribution in [2.45, 2.75) is 0 Å². The van der Waals surface area contributed by atoms with Crippen molar-refractivity contribution in [2.24, 2.45) is 0 Å². The highest BCUT2D eigenvalue weighted by Gasteiger charge is 2.22. The molecule has 2 fully saturated rings. The monoisotopic (exact) mass is 494 g/mol. The molecule has 2 saturated heterocycles. The van der Waals surface area contributed by atoms with Crippen LogP contribution in [-0.2, 0) is 4.74 Å². The Morgan fingerprint density at radius 1 is 0.886 bits per heavy atom. The molecule has 2 aliphatic heterocycles. The first-order valence-corrected chi connectivity index (χ1v) is 12.2. The van der Waals surface area contributed by atoms with Gasteiger partial charge < -0.3 is 34.2 Å². The summed E-state index contributed by atoms with van der Waals surface area (Å²) in [4.78, 5) is 15.8. The van der Waals surface area contributed by atoms with Gasteiger partial charge in [0.1, 0.15) is 12.1 Å². The number of hydrogen-bond acceptors (Lipinski definition) is 8. The number of aromatic nitrogens is 2. The Morgan fingerprint density at radius 2 is 1.57 bits per heavy atom. The van der Waals surface area contributed by atoms with Gasteiger partial charge in [0, 0.05) is 62.1 Å². The summed E-state index contributed by atoms with van der Waals surface area (Å²) in [6.07, 6.45) is 1.60. The second kappa shape index (κ2) is 10.5. The lowest BCUT2D eigenvalue weighted by atomic mass is 10.2.